The van der Waals surface area contributed by atoms with Crippen LogP contribution in [-0.2, 0) is 9.47 Å². The van der Waals surface area contributed by atoms with Gasteiger partial charge in [-0.15, -0.1) is 0 Å². The molecule has 1 spiro atoms. The van der Waals surface area contributed by atoms with E-state index in [1.54, 1.807) is 7.11 Å². The Hall–Kier alpha value is -1.32. The van der Waals surface area contributed by atoms with Crippen LogP contribution in [0.15, 0.2) is 22.1 Å². The van der Waals surface area contributed by atoms with E-state index in [1.807, 2.05) is 0 Å². The summed E-state index contributed by atoms with van der Waals surface area (Å²) in [5.74, 6) is 2.20. The molecular weight excluding hydrogens is 252 g/mol. The standard InChI is InChI=1S/C16H24N2O2/c1-10(2)12-13(19-5)18-16-8-15(4,7-6-11(16)3)9-20-14(16)17-12/h6-7,10-12H,8-9H2,1-5H3/t11-,12?,15-,16-/m0/s1. The highest BCUT2D eigenvalue weighted by molar-refractivity contribution is 5.98. The highest BCUT2D eigenvalue weighted by Crippen LogP contribution is 2.48. The zero-order valence-electron chi connectivity index (χ0n) is 13.0. The van der Waals surface area contributed by atoms with Crippen LogP contribution in [0.1, 0.15) is 34.1 Å². The average molecular weight is 276 g/mol. The number of hydrogen-bond donors (Lipinski definition) is 0. The van der Waals surface area contributed by atoms with Crippen molar-refractivity contribution in [1.29, 1.82) is 0 Å². The van der Waals surface area contributed by atoms with Crippen LogP contribution in [0, 0.1) is 17.3 Å². The molecule has 2 bridgehead atoms. The molecule has 0 aromatic heterocycles. The van der Waals surface area contributed by atoms with Gasteiger partial charge >= 0.3 is 0 Å². The summed E-state index contributed by atoms with van der Waals surface area (Å²) in [7, 11) is 1.69. The van der Waals surface area contributed by atoms with E-state index in [1.165, 1.54) is 0 Å². The minimum absolute atomic E-state index is 0.0249. The third-order valence-corrected chi connectivity index (χ3v) is 4.78. The van der Waals surface area contributed by atoms with Gasteiger partial charge in [0.15, 0.2) is 0 Å². The number of ether oxygens (including phenoxy) is 2. The molecule has 0 aromatic rings. The van der Waals surface area contributed by atoms with Crippen LogP contribution in [0.5, 0.6) is 0 Å². The number of nitrogens with zero attached hydrogens (tertiary/aromatic N) is 2. The van der Waals surface area contributed by atoms with E-state index in [0.717, 1.165) is 18.2 Å². The zero-order chi connectivity index (χ0) is 14.5. The topological polar surface area (TPSA) is 43.2 Å². The van der Waals surface area contributed by atoms with Crippen molar-refractivity contribution in [3.8, 4) is 0 Å². The number of aliphatic imine (C=N–C) groups is 2. The van der Waals surface area contributed by atoms with Crippen molar-refractivity contribution in [1.82, 2.24) is 0 Å². The molecule has 3 rings (SSSR count). The Kier molecular flexibility index (Phi) is 2.96. The van der Waals surface area contributed by atoms with Crippen molar-refractivity contribution >= 4 is 11.8 Å². The van der Waals surface area contributed by atoms with Gasteiger partial charge in [0.25, 0.3) is 0 Å². The van der Waals surface area contributed by atoms with E-state index in [0.29, 0.717) is 12.5 Å². The molecular formula is C16H24N2O2. The Balaban J connectivity index is 2.09. The maximum absolute atomic E-state index is 6.02. The lowest BCUT2D eigenvalue weighted by Crippen LogP contribution is -2.58. The van der Waals surface area contributed by atoms with E-state index in [2.05, 4.69) is 39.8 Å². The molecule has 0 saturated carbocycles. The van der Waals surface area contributed by atoms with Crippen molar-refractivity contribution in [2.75, 3.05) is 13.7 Å². The fraction of sp³-hybridized carbons (Fsp3) is 0.750. The predicted molar refractivity (Wildman–Crippen MR) is 80.2 cm³/mol. The molecule has 0 N–H and O–H groups in total. The maximum Gasteiger partial charge on any atom is 0.213 e. The Morgan fingerprint density at radius 2 is 2.20 bits per heavy atom. The molecule has 110 valence electrons. The molecule has 0 aromatic carbocycles. The highest BCUT2D eigenvalue weighted by atomic mass is 16.5. The summed E-state index contributed by atoms with van der Waals surface area (Å²) in [4.78, 5) is 9.84. The minimum Gasteiger partial charge on any atom is -0.483 e. The second-order valence-corrected chi connectivity index (χ2v) is 6.97. The van der Waals surface area contributed by atoms with Crippen molar-refractivity contribution in [2.24, 2.45) is 27.2 Å². The number of methoxy groups -OCH3 is 1. The predicted octanol–water partition coefficient (Wildman–Crippen LogP) is 2.84. The van der Waals surface area contributed by atoms with Crippen LogP contribution in [0.25, 0.3) is 0 Å². The van der Waals surface area contributed by atoms with E-state index in [4.69, 9.17) is 19.5 Å². The zero-order valence-corrected chi connectivity index (χ0v) is 13.0. The quantitative estimate of drug-likeness (QED) is 0.691. The van der Waals surface area contributed by atoms with Gasteiger partial charge in [-0.05, 0) is 12.3 Å². The van der Waals surface area contributed by atoms with Gasteiger partial charge in [0, 0.05) is 11.3 Å². The van der Waals surface area contributed by atoms with E-state index in [9.17, 15) is 0 Å². The van der Waals surface area contributed by atoms with Crippen LogP contribution < -0.4 is 0 Å². The summed E-state index contributed by atoms with van der Waals surface area (Å²) in [5.41, 5.74) is -0.308. The fourth-order valence-corrected chi connectivity index (χ4v) is 3.48. The molecule has 1 unspecified atom stereocenters. The lowest BCUT2D eigenvalue weighted by atomic mass is 9.65. The van der Waals surface area contributed by atoms with E-state index >= 15 is 0 Å². The molecule has 4 atom stereocenters. The first kappa shape index (κ1) is 13.7. The van der Waals surface area contributed by atoms with Crippen LogP contribution in [-0.4, -0.2) is 37.1 Å². The van der Waals surface area contributed by atoms with Gasteiger partial charge in [-0.3, -0.25) is 0 Å². The summed E-state index contributed by atoms with van der Waals surface area (Å²) in [6.07, 6.45) is 5.48. The number of rotatable bonds is 1. The minimum atomic E-state index is -0.363. The van der Waals surface area contributed by atoms with Gasteiger partial charge in [0.1, 0.15) is 11.6 Å². The summed E-state index contributed by atoms with van der Waals surface area (Å²) in [6, 6.07) is -0.0249. The second kappa shape index (κ2) is 4.34. The monoisotopic (exact) mass is 276 g/mol. The first-order chi connectivity index (χ1) is 9.40. The third-order valence-electron chi connectivity index (χ3n) is 4.78. The van der Waals surface area contributed by atoms with Gasteiger partial charge in [-0.2, -0.15) is 0 Å². The molecule has 1 aliphatic carbocycles. The molecule has 20 heavy (non-hydrogen) atoms. The third kappa shape index (κ3) is 1.80. The fourth-order valence-electron chi connectivity index (χ4n) is 3.48. The normalized spacial score (nSPS) is 42.5. The Morgan fingerprint density at radius 1 is 1.45 bits per heavy atom. The molecule has 2 heterocycles. The molecule has 0 amide bonds. The maximum atomic E-state index is 6.02. The first-order valence-corrected chi connectivity index (χ1v) is 7.44. The molecule has 4 nitrogen and oxygen atoms in total. The summed E-state index contributed by atoms with van der Waals surface area (Å²) in [5, 5.41) is 0. The Bertz CT molecular complexity index is 509. The molecule has 2 aliphatic heterocycles. The SMILES string of the molecule is COC1=N[C@@]23C[C@](C)(C=C[C@@H]2C)COC3=NC1C(C)C. The van der Waals surface area contributed by atoms with E-state index < -0.39 is 0 Å². The number of fused-ring (bicyclic) bond motifs is 1. The lowest BCUT2D eigenvalue weighted by Gasteiger charge is -2.50. The highest BCUT2D eigenvalue weighted by Gasteiger charge is 2.55. The lowest BCUT2D eigenvalue weighted by molar-refractivity contribution is 0.0807. The van der Waals surface area contributed by atoms with Gasteiger partial charge < -0.3 is 9.47 Å². The number of hydrogen-bond acceptors (Lipinski definition) is 4. The van der Waals surface area contributed by atoms with Crippen molar-refractivity contribution < 1.29 is 9.47 Å². The van der Waals surface area contributed by atoms with Gasteiger partial charge in [-0.25, -0.2) is 9.98 Å². The first-order valence-electron chi connectivity index (χ1n) is 7.44. The average Bonchev–Trinajstić information content (AvgIpc) is 2.41. The molecule has 1 saturated heterocycles. The van der Waals surface area contributed by atoms with Crippen LogP contribution >= 0.6 is 0 Å². The second-order valence-electron chi connectivity index (χ2n) is 6.97. The molecule has 0 radical (unpaired) electrons. The molecule has 3 aliphatic rings. The Morgan fingerprint density at radius 3 is 2.85 bits per heavy atom. The summed E-state index contributed by atoms with van der Waals surface area (Å²) in [6.45, 7) is 9.38. The van der Waals surface area contributed by atoms with E-state index in [-0.39, 0.29) is 22.9 Å². The van der Waals surface area contributed by atoms with Crippen LogP contribution in [0.4, 0.5) is 0 Å². The van der Waals surface area contributed by atoms with Crippen molar-refractivity contribution in [2.45, 2.75) is 45.7 Å². The van der Waals surface area contributed by atoms with Gasteiger partial charge in [0.05, 0.1) is 13.7 Å². The Labute approximate surface area is 121 Å². The van der Waals surface area contributed by atoms with Crippen LogP contribution in [0.3, 0.4) is 0 Å². The van der Waals surface area contributed by atoms with Crippen LogP contribution in [0.2, 0.25) is 0 Å². The smallest absolute Gasteiger partial charge is 0.213 e. The molecule has 4 heteroatoms. The van der Waals surface area contributed by atoms with Crippen molar-refractivity contribution in [3.63, 3.8) is 0 Å². The largest absolute Gasteiger partial charge is 0.483 e. The van der Waals surface area contributed by atoms with Crippen molar-refractivity contribution in [3.05, 3.63) is 12.2 Å². The van der Waals surface area contributed by atoms with Gasteiger partial charge in [0.2, 0.25) is 11.8 Å². The summed E-state index contributed by atoms with van der Waals surface area (Å²) >= 11 is 0. The molecule has 1 fully saturated rings. The van der Waals surface area contributed by atoms with Gasteiger partial charge in [-0.1, -0.05) is 39.8 Å². The summed E-state index contributed by atoms with van der Waals surface area (Å²) < 4.78 is 11.6.